The van der Waals surface area contributed by atoms with E-state index >= 15 is 0 Å². The van der Waals surface area contributed by atoms with Gasteiger partial charge in [-0.2, -0.15) is 8.42 Å². The van der Waals surface area contributed by atoms with E-state index in [9.17, 15) is 18.3 Å². The number of aliphatic hydroxyl groups excluding tert-OH is 1. The quantitative estimate of drug-likeness (QED) is 0.643. The molecule has 0 aliphatic carbocycles. The first-order valence-electron chi connectivity index (χ1n) is 9.01. The number of methoxy groups -OCH3 is 2. The molecule has 1 aliphatic rings. The average Bonchev–Trinajstić information content (AvgIpc) is 2.72. The van der Waals surface area contributed by atoms with E-state index in [1.54, 1.807) is 0 Å². The molecule has 8 nitrogen and oxygen atoms in total. The van der Waals surface area contributed by atoms with Crippen LogP contribution in [-0.4, -0.2) is 52.4 Å². The molecule has 0 fully saturated rings. The molecule has 2 aromatic carbocycles. The predicted octanol–water partition coefficient (Wildman–Crippen LogP) is 1.05. The lowest BCUT2D eigenvalue weighted by Gasteiger charge is -2.26. The molecule has 0 spiro atoms. The molecule has 0 radical (unpaired) electrons. The maximum absolute atomic E-state index is 12.7. The van der Waals surface area contributed by atoms with Gasteiger partial charge in [-0.15, -0.1) is 0 Å². The number of rotatable bonds is 7. The summed E-state index contributed by atoms with van der Waals surface area (Å²) in [6.07, 6.45) is -0.788. The predicted molar refractivity (Wildman–Crippen MR) is 104 cm³/mol. The van der Waals surface area contributed by atoms with E-state index < -0.39 is 28.2 Å². The number of fused-ring (bicyclic) bond motifs is 1. The maximum Gasteiger partial charge on any atom is 0.298 e. The first kappa shape index (κ1) is 21.1. The number of hydrogen-bond donors (Lipinski definition) is 2. The van der Waals surface area contributed by atoms with Crippen LogP contribution in [-0.2, 0) is 31.9 Å². The van der Waals surface area contributed by atoms with Crippen LogP contribution < -0.4 is 14.8 Å². The van der Waals surface area contributed by atoms with Crippen molar-refractivity contribution in [2.75, 3.05) is 20.8 Å². The third-order valence-electron chi connectivity index (χ3n) is 4.67. The fourth-order valence-electron chi connectivity index (χ4n) is 3.22. The lowest BCUT2D eigenvalue weighted by atomic mass is 10.0. The Kier molecular flexibility index (Phi) is 6.41. The number of carbonyl (C=O) groups is 1. The van der Waals surface area contributed by atoms with Gasteiger partial charge in [-0.3, -0.25) is 8.98 Å². The first-order valence-corrected chi connectivity index (χ1v) is 10.4. The van der Waals surface area contributed by atoms with Crippen molar-refractivity contribution in [1.29, 1.82) is 0 Å². The number of amides is 1. The molecule has 0 aromatic heterocycles. The largest absolute Gasteiger partial charge is 0.493 e. The van der Waals surface area contributed by atoms with Crippen molar-refractivity contribution in [3.8, 4) is 11.5 Å². The first-order chi connectivity index (χ1) is 13.9. The fraction of sp³-hybridized carbons (Fsp3) is 0.350. The third-order valence-corrected chi connectivity index (χ3v) is 6.07. The minimum absolute atomic E-state index is 0.0459. The summed E-state index contributed by atoms with van der Waals surface area (Å²) in [5.41, 5.74) is 1.34. The highest BCUT2D eigenvalue weighted by atomic mass is 32.2. The zero-order valence-electron chi connectivity index (χ0n) is 16.1. The van der Waals surface area contributed by atoms with E-state index in [1.165, 1.54) is 26.4 Å². The molecule has 9 heteroatoms. The van der Waals surface area contributed by atoms with Gasteiger partial charge in [0.2, 0.25) is 0 Å². The summed E-state index contributed by atoms with van der Waals surface area (Å²) in [4.78, 5) is 12.6. The highest BCUT2D eigenvalue weighted by molar-refractivity contribution is 7.87. The van der Waals surface area contributed by atoms with Crippen molar-refractivity contribution in [3.05, 3.63) is 53.6 Å². The summed E-state index contributed by atoms with van der Waals surface area (Å²) < 4.78 is 40.6. The normalized spacial score (nSPS) is 18.4. The second kappa shape index (κ2) is 8.81. The van der Waals surface area contributed by atoms with Gasteiger partial charge in [0.05, 0.1) is 26.9 Å². The third kappa shape index (κ3) is 4.69. The zero-order chi connectivity index (χ0) is 21.0. The van der Waals surface area contributed by atoms with Crippen LogP contribution in [0.1, 0.15) is 11.1 Å². The summed E-state index contributed by atoms with van der Waals surface area (Å²) >= 11 is 0. The van der Waals surface area contributed by atoms with Crippen LogP contribution >= 0.6 is 0 Å². The average molecular weight is 421 g/mol. The van der Waals surface area contributed by atoms with Crippen LogP contribution in [0.2, 0.25) is 0 Å². The molecular weight excluding hydrogens is 398 g/mol. The molecule has 0 bridgehead atoms. The molecule has 1 amide bonds. The molecule has 29 heavy (non-hydrogen) atoms. The van der Waals surface area contributed by atoms with Crippen LogP contribution in [0.25, 0.3) is 0 Å². The minimum Gasteiger partial charge on any atom is -0.493 e. The number of hydrogen-bond acceptors (Lipinski definition) is 7. The fourth-order valence-corrected chi connectivity index (χ4v) is 4.50. The zero-order valence-corrected chi connectivity index (χ0v) is 16.9. The van der Waals surface area contributed by atoms with Crippen molar-refractivity contribution in [2.45, 2.75) is 29.9 Å². The van der Waals surface area contributed by atoms with Crippen LogP contribution in [0.3, 0.4) is 0 Å². The van der Waals surface area contributed by atoms with E-state index in [2.05, 4.69) is 5.32 Å². The van der Waals surface area contributed by atoms with Crippen molar-refractivity contribution in [3.63, 3.8) is 0 Å². The molecule has 2 atom stereocenters. The highest BCUT2D eigenvalue weighted by Crippen LogP contribution is 2.37. The van der Waals surface area contributed by atoms with Gasteiger partial charge in [0.15, 0.2) is 17.6 Å². The van der Waals surface area contributed by atoms with E-state index in [4.69, 9.17) is 13.7 Å². The van der Waals surface area contributed by atoms with Crippen molar-refractivity contribution in [2.24, 2.45) is 0 Å². The molecule has 2 aromatic rings. The number of carbonyl (C=O) groups excluding carboxylic acids is 1. The van der Waals surface area contributed by atoms with Gasteiger partial charge in [0, 0.05) is 12.5 Å². The van der Waals surface area contributed by atoms with Crippen LogP contribution in [0.5, 0.6) is 11.5 Å². The van der Waals surface area contributed by atoms with Crippen LogP contribution in [0.4, 0.5) is 0 Å². The second-order valence-corrected chi connectivity index (χ2v) is 8.18. The Bertz CT molecular complexity index is 976. The van der Waals surface area contributed by atoms with Gasteiger partial charge in [0.1, 0.15) is 4.90 Å². The molecule has 0 saturated carbocycles. The molecule has 3 rings (SSSR count). The molecule has 1 aliphatic heterocycles. The van der Waals surface area contributed by atoms with Gasteiger partial charge in [-0.1, -0.05) is 30.3 Å². The lowest BCUT2D eigenvalue weighted by Crippen LogP contribution is -2.47. The number of nitrogens with one attached hydrogen (secondary N) is 1. The minimum atomic E-state index is -4.15. The van der Waals surface area contributed by atoms with Crippen LogP contribution in [0.15, 0.2) is 47.4 Å². The van der Waals surface area contributed by atoms with E-state index in [1.807, 2.05) is 30.3 Å². The Hall–Kier alpha value is -2.62. The number of aliphatic hydroxyl groups is 1. The van der Waals surface area contributed by atoms with Gasteiger partial charge >= 0.3 is 0 Å². The summed E-state index contributed by atoms with van der Waals surface area (Å²) in [6.45, 7) is -0.290. The van der Waals surface area contributed by atoms with Crippen molar-refractivity contribution < 1.29 is 32.0 Å². The molecule has 156 valence electrons. The highest BCUT2D eigenvalue weighted by Gasteiger charge is 2.37. The summed E-state index contributed by atoms with van der Waals surface area (Å²) in [7, 11) is -1.31. The van der Waals surface area contributed by atoms with Crippen LogP contribution in [0, 0.1) is 0 Å². The number of benzene rings is 2. The maximum atomic E-state index is 12.7. The Balaban J connectivity index is 1.79. The summed E-state index contributed by atoms with van der Waals surface area (Å²) in [6, 6.07) is 11.6. The molecule has 1 unspecified atom stereocenters. The monoisotopic (exact) mass is 421 g/mol. The summed E-state index contributed by atoms with van der Waals surface area (Å²) in [5.74, 6) is 0.00773. The lowest BCUT2D eigenvalue weighted by molar-refractivity contribution is -0.129. The van der Waals surface area contributed by atoms with E-state index in [0.717, 1.165) is 5.56 Å². The Morgan fingerprint density at radius 2 is 1.86 bits per heavy atom. The molecule has 2 N–H and O–H groups in total. The van der Waals surface area contributed by atoms with E-state index in [-0.39, 0.29) is 23.7 Å². The van der Waals surface area contributed by atoms with Crippen molar-refractivity contribution in [1.82, 2.24) is 5.32 Å². The Labute approximate surface area is 169 Å². The molecular formula is C20H23NO7S. The smallest absolute Gasteiger partial charge is 0.298 e. The Morgan fingerprint density at radius 3 is 2.48 bits per heavy atom. The summed E-state index contributed by atoms with van der Waals surface area (Å²) in [5, 5.41) is 12.3. The molecule has 0 saturated heterocycles. The van der Waals surface area contributed by atoms with Gasteiger partial charge in [-0.05, 0) is 23.6 Å². The SMILES string of the molecule is COc1cc2c(cc1OC)S(=O)(=O)OC(C(=O)N[C@H](CO)Cc1ccccc1)C2. The van der Waals surface area contributed by atoms with Crippen molar-refractivity contribution >= 4 is 16.0 Å². The van der Waals surface area contributed by atoms with Gasteiger partial charge in [-0.25, -0.2) is 0 Å². The van der Waals surface area contributed by atoms with Gasteiger partial charge in [0.25, 0.3) is 16.0 Å². The van der Waals surface area contributed by atoms with E-state index in [0.29, 0.717) is 17.7 Å². The standard InChI is InChI=1S/C20H23NO7S/c1-26-16-9-14-10-18(28-29(24,25)19(14)11-17(16)27-2)20(23)21-15(12-22)8-13-6-4-3-5-7-13/h3-7,9,11,15,18,22H,8,10,12H2,1-2H3,(H,21,23)/t15-,18?/m0/s1. The topological polar surface area (TPSA) is 111 Å². The second-order valence-electron chi connectivity index (χ2n) is 6.64. The number of ether oxygens (including phenoxy) is 2. The Morgan fingerprint density at radius 1 is 1.21 bits per heavy atom. The van der Waals surface area contributed by atoms with Gasteiger partial charge < -0.3 is 19.9 Å². The molecule has 1 heterocycles.